The molecule has 1 amide bonds. The van der Waals surface area contributed by atoms with Crippen molar-refractivity contribution in [3.8, 4) is 0 Å². The van der Waals surface area contributed by atoms with Crippen molar-refractivity contribution in [2.24, 2.45) is 0 Å². The minimum atomic E-state index is -0.553. The van der Waals surface area contributed by atoms with E-state index in [9.17, 15) is 9.18 Å². The molecule has 1 heterocycles. The SMILES string of the molecule is C/C=C(\C(F)=C/CC)N1CCN(Cc2ccc(/C=C/C(=O)NO)cc2)CC1. The molecule has 1 aliphatic heterocycles. The molecule has 146 valence electrons. The van der Waals surface area contributed by atoms with Crippen LogP contribution in [0.5, 0.6) is 0 Å². The van der Waals surface area contributed by atoms with Gasteiger partial charge < -0.3 is 4.90 Å². The lowest BCUT2D eigenvalue weighted by Gasteiger charge is -2.37. The zero-order valence-electron chi connectivity index (χ0n) is 16.0. The summed E-state index contributed by atoms with van der Waals surface area (Å²) in [4.78, 5) is 15.5. The molecule has 0 unspecified atom stereocenters. The van der Waals surface area contributed by atoms with Crippen LogP contribution < -0.4 is 5.48 Å². The number of piperazine rings is 1. The summed E-state index contributed by atoms with van der Waals surface area (Å²) in [6, 6.07) is 7.94. The average Bonchev–Trinajstić information content (AvgIpc) is 2.69. The first kappa shape index (κ1) is 20.9. The van der Waals surface area contributed by atoms with Crippen molar-refractivity contribution < 1.29 is 14.4 Å². The predicted octanol–water partition coefficient (Wildman–Crippen LogP) is 3.49. The first-order valence-electron chi connectivity index (χ1n) is 9.28. The molecule has 0 radical (unpaired) electrons. The number of benzene rings is 1. The Bertz CT molecular complexity index is 703. The lowest BCUT2D eigenvalue weighted by atomic mass is 10.1. The van der Waals surface area contributed by atoms with Gasteiger partial charge in [0.2, 0.25) is 0 Å². The van der Waals surface area contributed by atoms with E-state index < -0.39 is 5.91 Å². The minimum absolute atomic E-state index is 0.132. The first-order chi connectivity index (χ1) is 13.1. The Labute approximate surface area is 160 Å². The standard InChI is InChI=1S/C21H28FN3O2/c1-3-5-19(22)20(4-2)25-14-12-24(13-15-25)16-18-8-6-17(7-9-18)10-11-21(26)23-27/h4-11,27H,3,12-16H2,1-2H3,(H,23,26)/b11-10+,19-5+,20-4+. The highest BCUT2D eigenvalue weighted by atomic mass is 19.1. The number of hydrogen-bond donors (Lipinski definition) is 2. The van der Waals surface area contributed by atoms with Gasteiger partial charge in [0.25, 0.3) is 5.91 Å². The van der Waals surface area contributed by atoms with Gasteiger partial charge in [-0.25, -0.2) is 9.87 Å². The Morgan fingerprint density at radius 1 is 1.22 bits per heavy atom. The van der Waals surface area contributed by atoms with Crippen molar-refractivity contribution in [2.45, 2.75) is 26.8 Å². The van der Waals surface area contributed by atoms with E-state index in [1.54, 1.807) is 17.6 Å². The number of rotatable bonds is 7. The zero-order valence-corrected chi connectivity index (χ0v) is 16.0. The van der Waals surface area contributed by atoms with E-state index in [1.807, 2.05) is 44.2 Å². The summed E-state index contributed by atoms with van der Waals surface area (Å²) in [6.45, 7) is 8.04. The van der Waals surface area contributed by atoms with Crippen molar-refractivity contribution in [2.75, 3.05) is 26.2 Å². The average molecular weight is 373 g/mol. The van der Waals surface area contributed by atoms with E-state index in [-0.39, 0.29) is 5.83 Å². The molecule has 2 N–H and O–H groups in total. The number of halogens is 1. The molecule has 0 bridgehead atoms. The van der Waals surface area contributed by atoms with Crippen molar-refractivity contribution in [3.05, 3.63) is 65.1 Å². The fourth-order valence-electron chi connectivity index (χ4n) is 3.10. The van der Waals surface area contributed by atoms with Crippen molar-refractivity contribution in [1.82, 2.24) is 15.3 Å². The van der Waals surface area contributed by atoms with E-state index in [2.05, 4.69) is 9.80 Å². The molecular weight excluding hydrogens is 345 g/mol. The summed E-state index contributed by atoms with van der Waals surface area (Å²) in [7, 11) is 0. The van der Waals surface area contributed by atoms with Crippen LogP contribution >= 0.6 is 0 Å². The predicted molar refractivity (Wildman–Crippen MR) is 105 cm³/mol. The van der Waals surface area contributed by atoms with E-state index in [4.69, 9.17) is 5.21 Å². The maximum atomic E-state index is 14.2. The molecule has 6 heteroatoms. The van der Waals surface area contributed by atoms with Gasteiger partial charge in [-0.1, -0.05) is 37.3 Å². The van der Waals surface area contributed by atoms with Gasteiger partial charge in [-0.05, 0) is 36.6 Å². The lowest BCUT2D eigenvalue weighted by Crippen LogP contribution is -2.45. The number of allylic oxidation sites excluding steroid dienone is 3. The summed E-state index contributed by atoms with van der Waals surface area (Å²) in [5, 5.41) is 8.48. The summed E-state index contributed by atoms with van der Waals surface area (Å²) in [5.41, 5.74) is 4.34. The molecule has 0 aliphatic carbocycles. The number of hydrogen-bond acceptors (Lipinski definition) is 4. The molecule has 5 nitrogen and oxygen atoms in total. The first-order valence-corrected chi connectivity index (χ1v) is 9.28. The number of amides is 1. The molecule has 0 saturated carbocycles. The normalized spacial score (nSPS) is 16.8. The largest absolute Gasteiger partial charge is 0.367 e. The molecule has 27 heavy (non-hydrogen) atoms. The number of nitrogens with one attached hydrogen (secondary N) is 1. The molecule has 2 rings (SSSR count). The highest BCUT2D eigenvalue weighted by Gasteiger charge is 2.20. The Kier molecular flexibility index (Phi) is 8.23. The fraction of sp³-hybridized carbons (Fsp3) is 0.381. The fourth-order valence-corrected chi connectivity index (χ4v) is 3.10. The van der Waals surface area contributed by atoms with Gasteiger partial charge in [0.05, 0.1) is 5.70 Å². The van der Waals surface area contributed by atoms with Crippen LogP contribution in [-0.2, 0) is 11.3 Å². The lowest BCUT2D eigenvalue weighted by molar-refractivity contribution is -0.124. The third-order valence-corrected chi connectivity index (χ3v) is 4.54. The topological polar surface area (TPSA) is 55.8 Å². The van der Waals surface area contributed by atoms with Crippen LogP contribution in [-0.4, -0.2) is 47.1 Å². The molecule has 0 atom stereocenters. The second-order valence-electron chi connectivity index (χ2n) is 6.45. The Hall–Kier alpha value is -2.44. The van der Waals surface area contributed by atoms with E-state index in [0.29, 0.717) is 12.1 Å². The zero-order chi connectivity index (χ0) is 19.6. The van der Waals surface area contributed by atoms with Gasteiger partial charge >= 0.3 is 0 Å². The van der Waals surface area contributed by atoms with Crippen molar-refractivity contribution >= 4 is 12.0 Å². The van der Waals surface area contributed by atoms with Crippen LogP contribution in [0.15, 0.2) is 54.0 Å². The highest BCUT2D eigenvalue weighted by Crippen LogP contribution is 2.20. The van der Waals surface area contributed by atoms with Gasteiger partial charge in [0, 0.05) is 38.8 Å². The van der Waals surface area contributed by atoms with Crippen molar-refractivity contribution in [1.29, 1.82) is 0 Å². The molecule has 1 aromatic rings. The molecule has 1 fully saturated rings. The summed E-state index contributed by atoms with van der Waals surface area (Å²) in [6.07, 6.45) is 7.09. The second kappa shape index (κ2) is 10.6. The van der Waals surface area contributed by atoms with Crippen LogP contribution in [0.2, 0.25) is 0 Å². The summed E-state index contributed by atoms with van der Waals surface area (Å²) >= 11 is 0. The Morgan fingerprint density at radius 2 is 1.89 bits per heavy atom. The molecule has 1 aliphatic rings. The van der Waals surface area contributed by atoms with E-state index in [1.165, 1.54) is 11.6 Å². The van der Waals surface area contributed by atoms with Crippen LogP contribution in [0.1, 0.15) is 31.4 Å². The van der Waals surface area contributed by atoms with Crippen LogP contribution in [0.4, 0.5) is 4.39 Å². The second-order valence-corrected chi connectivity index (χ2v) is 6.45. The summed E-state index contributed by atoms with van der Waals surface area (Å²) in [5.74, 6) is -0.686. The van der Waals surface area contributed by atoms with Crippen molar-refractivity contribution in [3.63, 3.8) is 0 Å². The monoisotopic (exact) mass is 373 g/mol. The quantitative estimate of drug-likeness (QED) is 0.332. The third kappa shape index (κ3) is 6.34. The molecule has 0 spiro atoms. The minimum Gasteiger partial charge on any atom is -0.367 e. The third-order valence-electron chi connectivity index (χ3n) is 4.54. The molecule has 0 aromatic heterocycles. The van der Waals surface area contributed by atoms with E-state index in [0.717, 1.165) is 38.3 Å². The van der Waals surface area contributed by atoms with Gasteiger partial charge in [-0.15, -0.1) is 0 Å². The van der Waals surface area contributed by atoms with Gasteiger partial charge in [-0.2, -0.15) is 0 Å². The maximum absolute atomic E-state index is 14.2. The molecular formula is C21H28FN3O2. The Morgan fingerprint density at radius 3 is 2.44 bits per heavy atom. The van der Waals surface area contributed by atoms with Gasteiger partial charge in [0.1, 0.15) is 5.83 Å². The molecule has 1 saturated heterocycles. The van der Waals surface area contributed by atoms with E-state index >= 15 is 0 Å². The summed E-state index contributed by atoms with van der Waals surface area (Å²) < 4.78 is 14.2. The van der Waals surface area contributed by atoms with Crippen LogP contribution in [0, 0.1) is 0 Å². The van der Waals surface area contributed by atoms with Gasteiger partial charge in [-0.3, -0.25) is 14.9 Å². The van der Waals surface area contributed by atoms with Crippen LogP contribution in [0.3, 0.4) is 0 Å². The van der Waals surface area contributed by atoms with Crippen LogP contribution in [0.25, 0.3) is 6.08 Å². The van der Waals surface area contributed by atoms with Gasteiger partial charge in [0.15, 0.2) is 0 Å². The number of nitrogens with zero attached hydrogens (tertiary/aromatic N) is 2. The highest BCUT2D eigenvalue weighted by molar-refractivity contribution is 5.90. The number of carbonyl (C=O) groups excluding carboxylic acids is 1. The Balaban J connectivity index is 1.87. The maximum Gasteiger partial charge on any atom is 0.267 e. The number of hydroxylamine groups is 1. The number of carbonyl (C=O) groups is 1. The smallest absolute Gasteiger partial charge is 0.267 e. The molecule has 1 aromatic carbocycles.